The molecule has 0 heterocycles. The van der Waals surface area contributed by atoms with Crippen molar-refractivity contribution in [1.82, 2.24) is 0 Å². The average Bonchev–Trinajstić information content (AvgIpc) is 3.93. The highest BCUT2D eigenvalue weighted by atomic mass is 35.5. The third-order valence-electron chi connectivity index (χ3n) is 10.6. The Morgan fingerprint density at radius 1 is 0.789 bits per heavy atom. The van der Waals surface area contributed by atoms with E-state index in [9.17, 15) is 28.0 Å². The summed E-state index contributed by atoms with van der Waals surface area (Å²) >= 11 is 16.8. The van der Waals surface area contributed by atoms with Gasteiger partial charge in [-0.05, 0) is 82.2 Å². The van der Waals surface area contributed by atoms with Gasteiger partial charge in [-0.1, -0.05) is 147 Å². The topological polar surface area (TPSA) is 85.6 Å². The zero-order valence-electron chi connectivity index (χ0n) is 31.8. The Balaban J connectivity index is 0.000000218. The number of nitrogens with zero attached hydrogens (tertiary/aromatic N) is 1. The van der Waals surface area contributed by atoms with Crippen LogP contribution < -0.4 is 4.74 Å². The van der Waals surface area contributed by atoms with Gasteiger partial charge in [0.15, 0.2) is 0 Å². The van der Waals surface area contributed by atoms with Crippen LogP contribution in [0.5, 0.6) is 11.5 Å². The summed E-state index contributed by atoms with van der Waals surface area (Å²) in [7, 11) is 0. The minimum atomic E-state index is -4.61. The number of esters is 2. The summed E-state index contributed by atoms with van der Waals surface area (Å²) in [4.78, 5) is 25.1. The highest BCUT2D eigenvalue weighted by Gasteiger charge is 2.63. The van der Waals surface area contributed by atoms with Crippen molar-refractivity contribution in [2.24, 2.45) is 34.5 Å². The van der Waals surface area contributed by atoms with Crippen molar-refractivity contribution in [3.05, 3.63) is 141 Å². The van der Waals surface area contributed by atoms with Crippen molar-refractivity contribution in [3.8, 4) is 28.7 Å². The van der Waals surface area contributed by atoms with Gasteiger partial charge in [0.1, 0.15) is 33.7 Å². The first kappa shape index (κ1) is 43.4. The fraction of sp³-hybridized carbons (Fsp3) is 0.311. The van der Waals surface area contributed by atoms with Crippen molar-refractivity contribution < 1.29 is 37.0 Å². The van der Waals surface area contributed by atoms with Crippen molar-refractivity contribution in [2.45, 2.75) is 53.5 Å². The molecule has 2 aliphatic carbocycles. The number of hydrogen-bond acceptors (Lipinski definition) is 6. The Bertz CT molecular complexity index is 2180. The van der Waals surface area contributed by atoms with E-state index in [0.717, 1.165) is 28.3 Å². The van der Waals surface area contributed by atoms with E-state index in [1.54, 1.807) is 44.2 Å². The summed E-state index contributed by atoms with van der Waals surface area (Å²) in [5, 5.41) is 8.33. The number of alkyl halides is 3. The molecule has 0 aromatic heterocycles. The molecule has 0 radical (unpaired) electrons. The van der Waals surface area contributed by atoms with E-state index in [2.05, 4.69) is 0 Å². The highest BCUT2D eigenvalue weighted by Crippen LogP contribution is 2.61. The third kappa shape index (κ3) is 10.6. The van der Waals surface area contributed by atoms with Gasteiger partial charge in [0.25, 0.3) is 0 Å². The van der Waals surface area contributed by atoms with Gasteiger partial charge in [0, 0.05) is 5.56 Å². The summed E-state index contributed by atoms with van der Waals surface area (Å²) in [6.45, 7) is 9.38. The predicted octanol–water partition coefficient (Wildman–Crippen LogP) is 12.8. The Morgan fingerprint density at radius 3 is 1.95 bits per heavy atom. The third-order valence-corrected chi connectivity index (χ3v) is 11.2. The number of rotatable bonds is 11. The SMILES string of the molecule is CC1(C)C(C=C(Cl)Cl)C1C(=O)OC(C#N)c1cccc(Oc2ccccc2)c1.Cc1c(COC(=O)C2C(/C=C(\Cl)C(F)(F)F)C2(C)C)cccc1-c1ccccc1. The molecule has 0 saturated heterocycles. The van der Waals surface area contributed by atoms with Gasteiger partial charge in [-0.25, -0.2) is 0 Å². The van der Waals surface area contributed by atoms with Crippen LogP contribution in [-0.4, -0.2) is 18.1 Å². The largest absolute Gasteiger partial charge is 0.461 e. The maximum atomic E-state index is 12.7. The summed E-state index contributed by atoms with van der Waals surface area (Å²) in [6.07, 6.45) is -3.07. The molecule has 6 rings (SSSR count). The first-order chi connectivity index (χ1) is 26.9. The molecule has 0 bridgehead atoms. The summed E-state index contributed by atoms with van der Waals surface area (Å²) in [5.41, 5.74) is 3.58. The van der Waals surface area contributed by atoms with Gasteiger partial charge in [0.05, 0.1) is 11.8 Å². The maximum absolute atomic E-state index is 12.7. The number of nitriles is 1. The van der Waals surface area contributed by atoms with E-state index in [4.69, 9.17) is 49.0 Å². The first-order valence-corrected chi connectivity index (χ1v) is 19.2. The number of allylic oxidation sites excluding steroid dienone is 3. The monoisotopic (exact) mass is 837 g/mol. The average molecular weight is 839 g/mol. The van der Waals surface area contributed by atoms with Crippen LogP contribution in [0.4, 0.5) is 13.2 Å². The summed E-state index contributed by atoms with van der Waals surface area (Å²) in [6, 6.07) is 33.9. The van der Waals surface area contributed by atoms with E-state index in [-0.39, 0.29) is 28.3 Å². The molecule has 4 aromatic rings. The first-order valence-electron chi connectivity index (χ1n) is 18.1. The zero-order chi connectivity index (χ0) is 41.7. The molecule has 6 nitrogen and oxygen atoms in total. The van der Waals surface area contributed by atoms with Gasteiger partial charge < -0.3 is 14.2 Å². The van der Waals surface area contributed by atoms with Gasteiger partial charge in [-0.2, -0.15) is 18.4 Å². The second-order valence-electron chi connectivity index (χ2n) is 15.1. The molecule has 2 saturated carbocycles. The molecule has 5 atom stereocenters. The van der Waals surface area contributed by atoms with Gasteiger partial charge in [0.2, 0.25) is 6.10 Å². The number of ether oxygens (including phenoxy) is 3. The van der Waals surface area contributed by atoms with E-state index >= 15 is 0 Å². The van der Waals surface area contributed by atoms with Crippen LogP contribution in [-0.2, 0) is 25.7 Å². The quantitative estimate of drug-likeness (QED) is 0.140. The number of halogens is 6. The second kappa shape index (κ2) is 17.8. The van der Waals surface area contributed by atoms with E-state index in [1.165, 1.54) is 0 Å². The molecular formula is C45H41Cl3F3NO5. The summed E-state index contributed by atoms with van der Waals surface area (Å²) in [5.74, 6) is -1.46. The number of hydrogen-bond donors (Lipinski definition) is 0. The number of para-hydroxylation sites is 1. The van der Waals surface area contributed by atoms with Crippen molar-refractivity contribution >= 4 is 46.7 Å². The molecule has 2 aliphatic rings. The van der Waals surface area contributed by atoms with E-state index in [1.807, 2.05) is 106 Å². The molecule has 0 amide bonds. The molecule has 5 unspecified atom stereocenters. The lowest BCUT2D eigenvalue weighted by Gasteiger charge is -2.13. The molecule has 12 heteroatoms. The Hall–Kier alpha value is -4.75. The van der Waals surface area contributed by atoms with Crippen LogP contribution in [0.2, 0.25) is 0 Å². The standard InChI is InChI=1S/C23H22ClF3O2.C22H19Cl2NO3/c1-14-16(10-7-11-17(14)15-8-5-4-6-9-15)13-29-21(28)20-18(22(20,2)3)12-19(24)23(25,26)27;1-22(2)17(12-19(23)24)20(22)21(26)28-18(13-25)14-7-6-10-16(11-14)27-15-8-4-3-5-9-15/h4-12,18,20H,13H2,1-3H3;3-12,17-18,20H,1-2H3/b19-12-;. The van der Waals surface area contributed by atoms with Crippen LogP contribution in [0.3, 0.4) is 0 Å². The van der Waals surface area contributed by atoms with Crippen LogP contribution in [0.15, 0.2) is 125 Å². The van der Waals surface area contributed by atoms with Crippen molar-refractivity contribution in [1.29, 1.82) is 5.26 Å². The zero-order valence-corrected chi connectivity index (χ0v) is 34.1. The molecule has 0 spiro atoms. The lowest BCUT2D eigenvalue weighted by molar-refractivity contribution is -0.149. The molecule has 0 N–H and O–H groups in total. The predicted molar refractivity (Wildman–Crippen MR) is 215 cm³/mol. The highest BCUT2D eigenvalue weighted by molar-refractivity contribution is 6.55. The summed E-state index contributed by atoms with van der Waals surface area (Å²) < 4.78 is 54.9. The number of benzene rings is 4. The fourth-order valence-electron chi connectivity index (χ4n) is 7.00. The Morgan fingerprint density at radius 2 is 1.35 bits per heavy atom. The van der Waals surface area contributed by atoms with Crippen LogP contribution in [0.1, 0.15) is 50.5 Å². The maximum Gasteiger partial charge on any atom is 0.426 e. The molecular weight excluding hydrogens is 798 g/mol. The normalized spacial score (nSPS) is 20.7. The lowest BCUT2D eigenvalue weighted by Crippen LogP contribution is -2.14. The fourth-order valence-corrected chi connectivity index (χ4v) is 7.41. The van der Waals surface area contributed by atoms with Gasteiger partial charge in [-0.15, -0.1) is 0 Å². The second-order valence-corrected chi connectivity index (χ2v) is 16.5. The van der Waals surface area contributed by atoms with Crippen LogP contribution in [0.25, 0.3) is 11.1 Å². The van der Waals surface area contributed by atoms with Crippen molar-refractivity contribution in [3.63, 3.8) is 0 Å². The van der Waals surface area contributed by atoms with E-state index in [0.29, 0.717) is 17.1 Å². The lowest BCUT2D eigenvalue weighted by atomic mass is 9.97. The van der Waals surface area contributed by atoms with Crippen LogP contribution in [0, 0.1) is 52.8 Å². The molecule has 4 aromatic carbocycles. The molecule has 57 heavy (non-hydrogen) atoms. The van der Waals surface area contributed by atoms with Gasteiger partial charge >= 0.3 is 18.1 Å². The van der Waals surface area contributed by atoms with Crippen LogP contribution >= 0.6 is 34.8 Å². The van der Waals surface area contributed by atoms with Gasteiger partial charge in [-0.3, -0.25) is 9.59 Å². The minimum absolute atomic E-state index is 0.0708. The number of carbonyl (C=O) groups excluding carboxylic acids is 2. The smallest absolute Gasteiger partial charge is 0.426 e. The Labute approximate surface area is 345 Å². The number of carbonyl (C=O) groups is 2. The van der Waals surface area contributed by atoms with E-state index < -0.39 is 46.5 Å². The van der Waals surface area contributed by atoms with Crippen molar-refractivity contribution in [2.75, 3.05) is 0 Å². The minimum Gasteiger partial charge on any atom is -0.461 e. The molecule has 298 valence electrons. The molecule has 2 fully saturated rings. The molecule has 0 aliphatic heterocycles. The Kier molecular flexibility index (Phi) is 13.5.